The molecule has 0 saturated carbocycles. The summed E-state index contributed by atoms with van der Waals surface area (Å²) in [6.07, 6.45) is 1.74. The fourth-order valence-electron chi connectivity index (χ4n) is 5.38. The number of amides is 1. The SMILES string of the molecule is CC(C)(C)c1ccc(C(Cc2ccc(C(=O)NCCS(=O)(=O)[O-])cc2)c2cc(-c3cccc(-c4cccc(S(C)(=O)=O)c4)c3)on2)cc1.[Na+]. The molecule has 1 amide bonds. The van der Waals surface area contributed by atoms with E-state index in [1.165, 1.54) is 11.8 Å². The van der Waals surface area contributed by atoms with Gasteiger partial charge in [-0.15, -0.1) is 0 Å². The summed E-state index contributed by atoms with van der Waals surface area (Å²) in [7, 11) is -7.78. The molecule has 0 aliphatic carbocycles. The molecule has 12 heteroatoms. The minimum atomic E-state index is -4.42. The summed E-state index contributed by atoms with van der Waals surface area (Å²) in [5.74, 6) is -0.763. The summed E-state index contributed by atoms with van der Waals surface area (Å²) in [4.78, 5) is 12.7. The molecule has 9 nitrogen and oxygen atoms in total. The molecule has 0 bridgehead atoms. The van der Waals surface area contributed by atoms with Gasteiger partial charge in [0.1, 0.15) is 0 Å². The van der Waals surface area contributed by atoms with Crippen LogP contribution in [0.15, 0.2) is 113 Å². The number of carbonyl (C=O) groups is 1. The summed E-state index contributed by atoms with van der Waals surface area (Å²) >= 11 is 0. The maximum Gasteiger partial charge on any atom is 1.00 e. The molecule has 0 saturated heterocycles. The van der Waals surface area contributed by atoms with Gasteiger partial charge in [0.25, 0.3) is 5.91 Å². The van der Waals surface area contributed by atoms with Gasteiger partial charge in [-0.2, -0.15) is 0 Å². The molecule has 5 aromatic rings. The largest absolute Gasteiger partial charge is 1.00 e. The summed E-state index contributed by atoms with van der Waals surface area (Å²) < 4.78 is 62.7. The number of hydrogen-bond acceptors (Lipinski definition) is 8. The molecular weight excluding hydrogens is 672 g/mol. The van der Waals surface area contributed by atoms with Gasteiger partial charge in [-0.25, -0.2) is 16.8 Å². The van der Waals surface area contributed by atoms with Crippen LogP contribution in [-0.4, -0.2) is 51.0 Å². The standard InChI is InChI=1S/C37H38N2O7S2.Na/c1-37(2,3)31-17-15-26(16-18-31)33(21-25-11-13-27(14-12-25)36(40)38-19-20-48(43,44)45)34-24-35(46-39-34)30-9-5-7-28(22-30)29-8-6-10-32(23-29)47(4,41)42;/h5-18,22-24,33H,19-21H2,1-4H3,(H,38,40)(H,43,44,45);/q;+1/p-1. The number of aromatic nitrogens is 1. The van der Waals surface area contributed by atoms with Crippen molar-refractivity contribution in [2.45, 2.75) is 43.4 Å². The molecule has 1 heterocycles. The molecular formula is C37H37N2NaO7S2. The molecule has 1 aromatic heterocycles. The van der Waals surface area contributed by atoms with E-state index in [0.717, 1.165) is 33.5 Å². The van der Waals surface area contributed by atoms with E-state index >= 15 is 0 Å². The quantitative estimate of drug-likeness (QED) is 0.162. The van der Waals surface area contributed by atoms with Crippen LogP contribution in [0.1, 0.15) is 59.4 Å². The van der Waals surface area contributed by atoms with Crippen molar-refractivity contribution in [3.63, 3.8) is 0 Å². The Morgan fingerprint density at radius 2 is 1.45 bits per heavy atom. The van der Waals surface area contributed by atoms with E-state index in [1.807, 2.05) is 48.5 Å². The van der Waals surface area contributed by atoms with E-state index in [4.69, 9.17) is 4.52 Å². The summed E-state index contributed by atoms with van der Waals surface area (Å²) in [5.41, 5.74) is 6.62. The Kier molecular flexibility index (Phi) is 12.1. The zero-order chi connectivity index (χ0) is 34.7. The number of hydrogen-bond donors (Lipinski definition) is 1. The maximum atomic E-state index is 12.5. The van der Waals surface area contributed by atoms with Crippen LogP contribution in [0.2, 0.25) is 0 Å². The number of rotatable bonds is 11. The average molecular weight is 709 g/mol. The minimum absolute atomic E-state index is 0. The van der Waals surface area contributed by atoms with Crippen LogP contribution in [0.5, 0.6) is 0 Å². The van der Waals surface area contributed by atoms with Gasteiger partial charge < -0.3 is 14.4 Å². The van der Waals surface area contributed by atoms with Crippen molar-refractivity contribution in [1.82, 2.24) is 10.5 Å². The summed E-state index contributed by atoms with van der Waals surface area (Å²) in [6.45, 7) is 6.22. The first-order valence-corrected chi connectivity index (χ1v) is 18.8. The molecule has 1 N–H and O–H groups in total. The number of benzene rings is 4. The van der Waals surface area contributed by atoms with Gasteiger partial charge in [-0.1, -0.05) is 92.7 Å². The number of sulfone groups is 1. The Balaban J connectivity index is 0.00000541. The topological polar surface area (TPSA) is 146 Å². The van der Waals surface area contributed by atoms with Crippen LogP contribution in [-0.2, 0) is 31.8 Å². The Morgan fingerprint density at radius 3 is 2.06 bits per heavy atom. The second kappa shape index (κ2) is 15.5. The first-order valence-electron chi connectivity index (χ1n) is 15.4. The van der Waals surface area contributed by atoms with E-state index in [-0.39, 0.29) is 52.3 Å². The summed E-state index contributed by atoms with van der Waals surface area (Å²) in [6, 6.07) is 31.8. The second-order valence-electron chi connectivity index (χ2n) is 12.8. The van der Waals surface area contributed by atoms with Gasteiger partial charge in [0, 0.05) is 35.9 Å². The molecule has 1 unspecified atom stereocenters. The van der Waals surface area contributed by atoms with Gasteiger partial charge >= 0.3 is 29.6 Å². The van der Waals surface area contributed by atoms with Crippen molar-refractivity contribution >= 4 is 25.9 Å². The third-order valence-corrected chi connectivity index (χ3v) is 9.92. The molecule has 0 radical (unpaired) electrons. The molecule has 1 atom stereocenters. The number of carbonyl (C=O) groups excluding carboxylic acids is 1. The maximum absolute atomic E-state index is 12.5. The average Bonchev–Trinajstić information content (AvgIpc) is 3.53. The van der Waals surface area contributed by atoms with Gasteiger partial charge in [0.05, 0.1) is 26.5 Å². The Labute approximate surface area is 310 Å². The monoisotopic (exact) mass is 708 g/mol. The minimum Gasteiger partial charge on any atom is -0.748 e. The van der Waals surface area contributed by atoms with E-state index in [0.29, 0.717) is 17.7 Å². The van der Waals surface area contributed by atoms with Gasteiger partial charge in [-0.3, -0.25) is 4.79 Å². The van der Waals surface area contributed by atoms with Gasteiger partial charge in [-0.05, 0) is 70.0 Å². The Hall–Kier alpha value is -3.58. The van der Waals surface area contributed by atoms with Gasteiger partial charge in [0.2, 0.25) is 0 Å². The Morgan fingerprint density at radius 1 is 0.837 bits per heavy atom. The van der Waals surface area contributed by atoms with E-state index < -0.39 is 31.6 Å². The zero-order valence-corrected chi connectivity index (χ0v) is 31.8. The third kappa shape index (κ3) is 10.2. The molecule has 250 valence electrons. The molecule has 0 fully saturated rings. The summed E-state index contributed by atoms with van der Waals surface area (Å²) in [5, 5.41) is 6.95. The van der Waals surface area contributed by atoms with Crippen molar-refractivity contribution < 1.29 is 60.3 Å². The van der Waals surface area contributed by atoms with Gasteiger partial charge in [0.15, 0.2) is 15.6 Å². The Bertz CT molecular complexity index is 2140. The predicted molar refractivity (Wildman–Crippen MR) is 185 cm³/mol. The molecule has 0 aliphatic heterocycles. The first kappa shape index (κ1) is 38.2. The smallest absolute Gasteiger partial charge is 0.748 e. The van der Waals surface area contributed by atoms with Crippen molar-refractivity contribution in [2.75, 3.05) is 18.6 Å². The van der Waals surface area contributed by atoms with Crippen LogP contribution >= 0.6 is 0 Å². The second-order valence-corrected chi connectivity index (χ2v) is 16.4. The van der Waals surface area contributed by atoms with Crippen molar-refractivity contribution in [2.24, 2.45) is 0 Å². The van der Waals surface area contributed by atoms with E-state index in [1.54, 1.807) is 30.3 Å². The predicted octanol–water partition coefficient (Wildman–Crippen LogP) is 3.36. The van der Waals surface area contributed by atoms with Crippen LogP contribution in [0.4, 0.5) is 0 Å². The van der Waals surface area contributed by atoms with Crippen molar-refractivity contribution in [3.05, 3.63) is 131 Å². The zero-order valence-electron chi connectivity index (χ0n) is 28.1. The number of nitrogens with zero attached hydrogens (tertiary/aromatic N) is 1. The van der Waals surface area contributed by atoms with Crippen LogP contribution in [0, 0.1) is 0 Å². The number of nitrogens with one attached hydrogen (secondary N) is 1. The van der Waals surface area contributed by atoms with Crippen LogP contribution in [0.3, 0.4) is 0 Å². The molecule has 0 spiro atoms. The van der Waals surface area contributed by atoms with E-state index in [9.17, 15) is 26.2 Å². The van der Waals surface area contributed by atoms with Crippen LogP contribution in [0.25, 0.3) is 22.5 Å². The normalized spacial score (nSPS) is 12.6. The fourth-order valence-corrected chi connectivity index (χ4v) is 6.39. The third-order valence-electron chi connectivity index (χ3n) is 8.10. The van der Waals surface area contributed by atoms with Crippen molar-refractivity contribution in [3.8, 4) is 22.5 Å². The first-order chi connectivity index (χ1) is 22.6. The molecule has 0 aliphatic rings. The molecule has 4 aromatic carbocycles. The van der Waals surface area contributed by atoms with Crippen LogP contribution < -0.4 is 34.9 Å². The molecule has 49 heavy (non-hydrogen) atoms. The van der Waals surface area contributed by atoms with E-state index in [2.05, 4.69) is 55.5 Å². The fraction of sp³-hybridized carbons (Fsp3) is 0.243. The van der Waals surface area contributed by atoms with Crippen molar-refractivity contribution in [1.29, 1.82) is 0 Å². The molecule has 5 rings (SSSR count).